The van der Waals surface area contributed by atoms with E-state index in [-0.39, 0.29) is 5.41 Å². The third-order valence-corrected chi connectivity index (χ3v) is 7.51. The highest BCUT2D eigenvalue weighted by Gasteiger charge is 2.35. The quantitative estimate of drug-likeness (QED) is 0.335. The second kappa shape index (κ2) is 12.1. The zero-order valence-electron chi connectivity index (χ0n) is 19.8. The van der Waals surface area contributed by atoms with Gasteiger partial charge in [-0.1, -0.05) is 107 Å². The predicted molar refractivity (Wildman–Crippen MR) is 133 cm³/mol. The van der Waals surface area contributed by atoms with Gasteiger partial charge in [0.25, 0.3) is 0 Å². The van der Waals surface area contributed by atoms with E-state index in [9.17, 15) is 5.26 Å². The lowest BCUT2D eigenvalue weighted by molar-refractivity contribution is 0.223. The lowest BCUT2D eigenvalue weighted by Gasteiger charge is -2.36. The number of hydrogen-bond donors (Lipinski definition) is 0. The van der Waals surface area contributed by atoms with Gasteiger partial charge in [0.05, 0.1) is 11.5 Å². The molecule has 1 nitrogen and oxygen atoms in total. The molecule has 1 heteroatoms. The van der Waals surface area contributed by atoms with E-state index in [2.05, 4.69) is 68.4 Å². The molecule has 1 fully saturated rings. The van der Waals surface area contributed by atoms with Crippen molar-refractivity contribution >= 4 is 0 Å². The minimum Gasteiger partial charge on any atom is -0.198 e. The largest absolute Gasteiger partial charge is 0.198 e. The summed E-state index contributed by atoms with van der Waals surface area (Å²) >= 11 is 0. The van der Waals surface area contributed by atoms with Crippen LogP contribution in [0.25, 0.3) is 11.1 Å². The molecule has 0 aliphatic heterocycles. The van der Waals surface area contributed by atoms with Crippen LogP contribution in [0.2, 0.25) is 0 Å². The standard InChI is InChI=1S/C30H41N/c1-3-5-6-7-8-9-12-21-30(24-31)22-19-27(20-23-30)29-14-11-10-13-28(29)26-17-15-25(4-2)16-18-26/h10-11,13-18,27H,3-9,12,19-23H2,1-2H3. The Morgan fingerprint density at radius 3 is 2.13 bits per heavy atom. The molecular weight excluding hydrogens is 374 g/mol. The Bertz CT molecular complexity index is 818. The molecule has 31 heavy (non-hydrogen) atoms. The van der Waals surface area contributed by atoms with E-state index in [0.717, 1.165) is 38.5 Å². The van der Waals surface area contributed by atoms with Crippen LogP contribution in [0.5, 0.6) is 0 Å². The van der Waals surface area contributed by atoms with Gasteiger partial charge in [0, 0.05) is 0 Å². The van der Waals surface area contributed by atoms with Crippen molar-refractivity contribution in [1.29, 1.82) is 5.26 Å². The first kappa shape index (κ1) is 23.6. The molecule has 0 spiro atoms. The molecule has 3 rings (SSSR count). The summed E-state index contributed by atoms with van der Waals surface area (Å²) in [7, 11) is 0. The maximum absolute atomic E-state index is 10.0. The van der Waals surface area contributed by atoms with Crippen molar-refractivity contribution in [1.82, 2.24) is 0 Å². The van der Waals surface area contributed by atoms with E-state index in [1.807, 2.05) is 0 Å². The Morgan fingerprint density at radius 1 is 0.839 bits per heavy atom. The maximum atomic E-state index is 10.0. The molecule has 2 aromatic rings. The Hall–Kier alpha value is -2.07. The van der Waals surface area contributed by atoms with Gasteiger partial charge in [0.2, 0.25) is 0 Å². The molecule has 1 saturated carbocycles. The van der Waals surface area contributed by atoms with Crippen LogP contribution in [0.1, 0.15) is 108 Å². The summed E-state index contributed by atoms with van der Waals surface area (Å²) in [5.41, 5.74) is 5.51. The SMILES string of the molecule is CCCCCCCCCC1(C#N)CCC(c2ccccc2-c2ccc(CC)cc2)CC1. The zero-order chi connectivity index (χ0) is 21.9. The molecule has 0 bridgehead atoms. The Morgan fingerprint density at radius 2 is 1.48 bits per heavy atom. The van der Waals surface area contributed by atoms with Crippen LogP contribution >= 0.6 is 0 Å². The summed E-state index contributed by atoms with van der Waals surface area (Å²) in [4.78, 5) is 0. The lowest BCUT2D eigenvalue weighted by atomic mass is 9.67. The van der Waals surface area contributed by atoms with Crippen molar-refractivity contribution < 1.29 is 0 Å². The van der Waals surface area contributed by atoms with Crippen LogP contribution in [-0.4, -0.2) is 0 Å². The van der Waals surface area contributed by atoms with Crippen LogP contribution in [0.15, 0.2) is 48.5 Å². The van der Waals surface area contributed by atoms with Gasteiger partial charge in [0.1, 0.15) is 0 Å². The molecule has 166 valence electrons. The smallest absolute Gasteiger partial charge is 0.0689 e. The average molecular weight is 416 g/mol. The first-order valence-corrected chi connectivity index (χ1v) is 12.8. The van der Waals surface area contributed by atoms with E-state index < -0.39 is 0 Å². The molecule has 0 aromatic heterocycles. The zero-order valence-corrected chi connectivity index (χ0v) is 19.8. The third-order valence-electron chi connectivity index (χ3n) is 7.51. The normalized spacial score (nSPS) is 21.0. The fourth-order valence-electron chi connectivity index (χ4n) is 5.36. The molecule has 0 amide bonds. The molecule has 1 aliphatic rings. The van der Waals surface area contributed by atoms with Crippen LogP contribution in [-0.2, 0) is 6.42 Å². The monoisotopic (exact) mass is 415 g/mol. The number of aryl methyl sites for hydroxylation is 1. The summed E-state index contributed by atoms with van der Waals surface area (Å²) < 4.78 is 0. The Balaban J connectivity index is 1.58. The van der Waals surface area contributed by atoms with Gasteiger partial charge in [-0.2, -0.15) is 5.26 Å². The molecule has 1 aliphatic carbocycles. The molecule has 2 aromatic carbocycles. The van der Waals surface area contributed by atoms with Gasteiger partial charge < -0.3 is 0 Å². The van der Waals surface area contributed by atoms with E-state index in [1.54, 1.807) is 0 Å². The highest BCUT2D eigenvalue weighted by Crippen LogP contribution is 2.47. The third kappa shape index (κ3) is 6.46. The Kier molecular flexibility index (Phi) is 9.20. The van der Waals surface area contributed by atoms with Gasteiger partial charge >= 0.3 is 0 Å². The molecular formula is C30H41N. The number of hydrogen-bond acceptors (Lipinski definition) is 1. The summed E-state index contributed by atoms with van der Waals surface area (Å²) in [6.45, 7) is 4.48. The number of rotatable bonds is 11. The van der Waals surface area contributed by atoms with Crippen molar-refractivity contribution in [3.63, 3.8) is 0 Å². The van der Waals surface area contributed by atoms with Gasteiger partial charge in [-0.25, -0.2) is 0 Å². The number of nitriles is 1. The van der Waals surface area contributed by atoms with Gasteiger partial charge in [0.15, 0.2) is 0 Å². The fraction of sp³-hybridized carbons (Fsp3) is 0.567. The van der Waals surface area contributed by atoms with Crippen LogP contribution in [0.4, 0.5) is 0 Å². The summed E-state index contributed by atoms with van der Waals surface area (Å²) in [6.07, 6.45) is 15.9. The van der Waals surface area contributed by atoms with Crippen LogP contribution in [0.3, 0.4) is 0 Å². The van der Waals surface area contributed by atoms with E-state index >= 15 is 0 Å². The van der Waals surface area contributed by atoms with E-state index in [1.165, 1.54) is 67.2 Å². The first-order chi connectivity index (χ1) is 15.2. The van der Waals surface area contributed by atoms with Crippen molar-refractivity contribution in [3.8, 4) is 17.2 Å². The topological polar surface area (TPSA) is 23.8 Å². The number of benzene rings is 2. The highest BCUT2D eigenvalue weighted by molar-refractivity contribution is 5.68. The average Bonchev–Trinajstić information content (AvgIpc) is 2.84. The maximum Gasteiger partial charge on any atom is 0.0689 e. The highest BCUT2D eigenvalue weighted by atomic mass is 14.4. The molecule has 0 unspecified atom stereocenters. The van der Waals surface area contributed by atoms with Crippen molar-refractivity contribution in [2.75, 3.05) is 0 Å². The lowest BCUT2D eigenvalue weighted by Crippen LogP contribution is -2.25. The summed E-state index contributed by atoms with van der Waals surface area (Å²) in [6, 6.07) is 20.8. The van der Waals surface area contributed by atoms with Gasteiger partial charge in [-0.15, -0.1) is 0 Å². The summed E-state index contributed by atoms with van der Waals surface area (Å²) in [5.74, 6) is 0.581. The van der Waals surface area contributed by atoms with Crippen molar-refractivity contribution in [3.05, 3.63) is 59.7 Å². The van der Waals surface area contributed by atoms with Crippen molar-refractivity contribution in [2.45, 2.75) is 103 Å². The Labute approximate surface area is 190 Å². The molecule has 0 heterocycles. The molecule has 0 atom stereocenters. The fourth-order valence-corrected chi connectivity index (χ4v) is 5.36. The predicted octanol–water partition coefficient (Wildman–Crippen LogP) is 9.22. The minimum absolute atomic E-state index is 0.0718. The number of nitrogens with zero attached hydrogens (tertiary/aromatic N) is 1. The number of unbranched alkanes of at least 4 members (excludes halogenated alkanes) is 6. The van der Waals surface area contributed by atoms with Crippen molar-refractivity contribution in [2.24, 2.45) is 5.41 Å². The molecule has 0 radical (unpaired) electrons. The van der Waals surface area contributed by atoms with Crippen LogP contribution in [0, 0.1) is 16.7 Å². The summed E-state index contributed by atoms with van der Waals surface area (Å²) in [5, 5.41) is 10.0. The second-order valence-corrected chi connectivity index (χ2v) is 9.68. The first-order valence-electron chi connectivity index (χ1n) is 12.8. The second-order valence-electron chi connectivity index (χ2n) is 9.68. The minimum atomic E-state index is -0.0718. The molecule has 0 N–H and O–H groups in total. The van der Waals surface area contributed by atoms with Crippen LogP contribution < -0.4 is 0 Å². The molecule has 0 saturated heterocycles. The van der Waals surface area contributed by atoms with E-state index in [0.29, 0.717) is 5.92 Å². The van der Waals surface area contributed by atoms with Gasteiger partial charge in [-0.3, -0.25) is 0 Å². The van der Waals surface area contributed by atoms with Gasteiger partial charge in [-0.05, 0) is 66.7 Å². The van der Waals surface area contributed by atoms with E-state index in [4.69, 9.17) is 0 Å².